The van der Waals surface area contributed by atoms with Crippen molar-refractivity contribution in [1.29, 1.82) is 0 Å². The maximum atomic E-state index is 5.75. The van der Waals surface area contributed by atoms with E-state index in [-0.39, 0.29) is 24.0 Å². The van der Waals surface area contributed by atoms with Crippen molar-refractivity contribution in [2.45, 2.75) is 39.0 Å². The van der Waals surface area contributed by atoms with E-state index >= 15 is 0 Å². The van der Waals surface area contributed by atoms with E-state index in [1.165, 1.54) is 12.8 Å². The Bertz CT molecular complexity index is 657. The summed E-state index contributed by atoms with van der Waals surface area (Å²) in [7, 11) is 0. The average molecular weight is 452 g/mol. The van der Waals surface area contributed by atoms with Crippen molar-refractivity contribution >= 4 is 29.9 Å². The topological polar surface area (TPSA) is 58.5 Å². The lowest BCUT2D eigenvalue weighted by Gasteiger charge is -2.10. The summed E-state index contributed by atoms with van der Waals surface area (Å²) >= 11 is 0. The van der Waals surface area contributed by atoms with Crippen molar-refractivity contribution in [3.63, 3.8) is 0 Å². The summed E-state index contributed by atoms with van der Waals surface area (Å²) in [5, 5.41) is 6.70. The van der Waals surface area contributed by atoms with Gasteiger partial charge >= 0.3 is 0 Å². The third-order valence-electron chi connectivity index (χ3n) is 3.72. The van der Waals surface area contributed by atoms with Crippen LogP contribution in [0.2, 0.25) is 0 Å². The Balaban J connectivity index is 0.00000225. The van der Waals surface area contributed by atoms with Crippen molar-refractivity contribution in [3.8, 4) is 5.75 Å². The van der Waals surface area contributed by atoms with Crippen molar-refractivity contribution in [1.82, 2.24) is 15.6 Å². The van der Waals surface area contributed by atoms with Crippen LogP contribution in [0.25, 0.3) is 0 Å². The molecular weight excluding hydrogens is 427 g/mol. The van der Waals surface area contributed by atoms with Crippen molar-refractivity contribution in [3.05, 3.63) is 59.9 Å². The van der Waals surface area contributed by atoms with Gasteiger partial charge in [-0.1, -0.05) is 18.2 Å². The fraction of sp³-hybridized carbons (Fsp3) is 0.368. The number of pyridine rings is 1. The summed E-state index contributed by atoms with van der Waals surface area (Å²) in [6.45, 7) is 4.09. The van der Waals surface area contributed by atoms with Crippen LogP contribution in [-0.4, -0.2) is 23.5 Å². The van der Waals surface area contributed by atoms with E-state index in [1.807, 2.05) is 30.3 Å². The molecule has 0 unspecified atom stereocenters. The lowest BCUT2D eigenvalue weighted by atomic mass is 10.2. The summed E-state index contributed by atoms with van der Waals surface area (Å²) in [4.78, 5) is 8.88. The number of aliphatic imine (C=N–C) groups is 1. The first-order chi connectivity index (χ1) is 11.8. The first kappa shape index (κ1) is 19.5. The van der Waals surface area contributed by atoms with Crippen LogP contribution in [0, 0.1) is 0 Å². The number of rotatable bonds is 7. The van der Waals surface area contributed by atoms with E-state index in [9.17, 15) is 0 Å². The average Bonchev–Trinajstić information content (AvgIpc) is 3.44. The second-order valence-electron chi connectivity index (χ2n) is 5.87. The quantitative estimate of drug-likeness (QED) is 0.384. The molecule has 6 heteroatoms. The molecule has 2 N–H and O–H groups in total. The molecule has 1 fully saturated rings. The Morgan fingerprint density at radius 2 is 2.00 bits per heavy atom. The van der Waals surface area contributed by atoms with Crippen LogP contribution in [-0.2, 0) is 13.2 Å². The Labute approximate surface area is 166 Å². The van der Waals surface area contributed by atoms with Gasteiger partial charge in [-0.05, 0) is 49.6 Å². The van der Waals surface area contributed by atoms with Crippen LogP contribution in [0.15, 0.2) is 53.7 Å². The molecule has 1 aromatic heterocycles. The van der Waals surface area contributed by atoms with Gasteiger partial charge in [-0.2, -0.15) is 0 Å². The molecule has 1 aliphatic carbocycles. The molecule has 1 heterocycles. The predicted octanol–water partition coefficient (Wildman–Crippen LogP) is 3.50. The summed E-state index contributed by atoms with van der Waals surface area (Å²) in [6.07, 6.45) is 4.26. The normalized spacial score (nSPS) is 13.7. The van der Waals surface area contributed by atoms with Gasteiger partial charge in [-0.3, -0.25) is 4.98 Å². The predicted molar refractivity (Wildman–Crippen MR) is 111 cm³/mol. The summed E-state index contributed by atoms with van der Waals surface area (Å²) < 4.78 is 5.75. The Hall–Kier alpha value is -1.83. The number of aromatic nitrogens is 1. The van der Waals surface area contributed by atoms with Gasteiger partial charge in [-0.15, -0.1) is 24.0 Å². The highest BCUT2D eigenvalue weighted by atomic mass is 127. The summed E-state index contributed by atoms with van der Waals surface area (Å²) in [5.41, 5.74) is 2.08. The number of guanidine groups is 1. The molecule has 2 aromatic rings. The highest BCUT2D eigenvalue weighted by molar-refractivity contribution is 14.0. The second-order valence-corrected chi connectivity index (χ2v) is 5.87. The van der Waals surface area contributed by atoms with Gasteiger partial charge in [0.05, 0.1) is 12.2 Å². The van der Waals surface area contributed by atoms with Crippen LogP contribution in [0.5, 0.6) is 5.75 Å². The first-order valence-corrected chi connectivity index (χ1v) is 8.50. The third-order valence-corrected chi connectivity index (χ3v) is 3.72. The van der Waals surface area contributed by atoms with E-state index in [0.717, 1.165) is 29.5 Å². The Kier molecular flexibility index (Phi) is 7.97. The molecule has 0 atom stereocenters. The van der Waals surface area contributed by atoms with Crippen molar-refractivity contribution in [2.24, 2.45) is 4.99 Å². The van der Waals surface area contributed by atoms with Crippen LogP contribution in [0.3, 0.4) is 0 Å². The molecule has 1 aliphatic rings. The van der Waals surface area contributed by atoms with Crippen molar-refractivity contribution in [2.75, 3.05) is 6.54 Å². The molecule has 1 saturated carbocycles. The van der Waals surface area contributed by atoms with Gasteiger partial charge in [0.15, 0.2) is 5.96 Å². The zero-order chi connectivity index (χ0) is 16.6. The summed E-state index contributed by atoms with van der Waals surface area (Å²) in [6, 6.07) is 14.5. The molecule has 0 spiro atoms. The minimum Gasteiger partial charge on any atom is -0.487 e. The molecule has 0 aliphatic heterocycles. The molecule has 5 nitrogen and oxygen atoms in total. The maximum absolute atomic E-state index is 5.75. The fourth-order valence-electron chi connectivity index (χ4n) is 2.24. The fourth-order valence-corrected chi connectivity index (χ4v) is 2.24. The van der Waals surface area contributed by atoms with Crippen molar-refractivity contribution < 1.29 is 4.74 Å². The molecular formula is C19H25IN4O. The number of nitrogens with zero attached hydrogens (tertiary/aromatic N) is 2. The Morgan fingerprint density at radius 1 is 1.20 bits per heavy atom. The molecule has 3 rings (SSSR count). The molecule has 0 saturated heterocycles. The second kappa shape index (κ2) is 10.2. The minimum absolute atomic E-state index is 0. The van der Waals surface area contributed by atoms with Gasteiger partial charge in [0, 0.05) is 18.8 Å². The van der Waals surface area contributed by atoms with E-state index < -0.39 is 0 Å². The third kappa shape index (κ3) is 6.89. The molecule has 0 radical (unpaired) electrons. The molecule has 0 bridgehead atoms. The van der Waals surface area contributed by atoms with E-state index in [1.54, 1.807) is 6.20 Å². The molecule has 134 valence electrons. The lowest BCUT2D eigenvalue weighted by molar-refractivity contribution is 0.301. The van der Waals surface area contributed by atoms with Crippen LogP contribution < -0.4 is 15.4 Å². The van der Waals surface area contributed by atoms with E-state index in [2.05, 4.69) is 39.7 Å². The van der Waals surface area contributed by atoms with Gasteiger partial charge in [0.2, 0.25) is 0 Å². The standard InChI is InChI=1S/C19H24N4O.HI/c1-2-20-19(23-16-8-9-16)22-13-15-6-10-18(11-7-15)24-14-17-5-3-4-12-21-17;/h3-7,10-12,16H,2,8-9,13-14H2,1H3,(H2,20,22,23);1H. The number of benzene rings is 1. The lowest BCUT2D eigenvalue weighted by Crippen LogP contribution is -2.38. The highest BCUT2D eigenvalue weighted by Gasteiger charge is 2.21. The largest absolute Gasteiger partial charge is 0.487 e. The number of nitrogens with one attached hydrogen (secondary N) is 2. The highest BCUT2D eigenvalue weighted by Crippen LogP contribution is 2.18. The van der Waals surface area contributed by atoms with Crippen LogP contribution >= 0.6 is 24.0 Å². The SMILES string of the molecule is CCNC(=NCc1ccc(OCc2ccccn2)cc1)NC1CC1.I. The number of ether oxygens (including phenoxy) is 1. The number of hydrogen-bond donors (Lipinski definition) is 2. The van der Waals surface area contributed by atoms with Gasteiger partial charge in [0.1, 0.15) is 12.4 Å². The first-order valence-electron chi connectivity index (χ1n) is 8.50. The molecule has 1 aromatic carbocycles. The van der Waals surface area contributed by atoms with Crippen LogP contribution in [0.4, 0.5) is 0 Å². The monoisotopic (exact) mass is 452 g/mol. The zero-order valence-corrected chi connectivity index (χ0v) is 16.8. The molecule has 0 amide bonds. The van der Waals surface area contributed by atoms with E-state index in [0.29, 0.717) is 19.2 Å². The zero-order valence-electron chi connectivity index (χ0n) is 14.4. The number of halogens is 1. The molecule has 25 heavy (non-hydrogen) atoms. The van der Waals surface area contributed by atoms with E-state index in [4.69, 9.17) is 4.74 Å². The Morgan fingerprint density at radius 3 is 2.64 bits per heavy atom. The summed E-state index contributed by atoms with van der Waals surface area (Å²) in [5.74, 6) is 1.74. The van der Waals surface area contributed by atoms with Gasteiger partial charge in [0.25, 0.3) is 0 Å². The maximum Gasteiger partial charge on any atom is 0.191 e. The number of hydrogen-bond acceptors (Lipinski definition) is 3. The van der Waals surface area contributed by atoms with Crippen LogP contribution in [0.1, 0.15) is 31.0 Å². The smallest absolute Gasteiger partial charge is 0.191 e. The van der Waals surface area contributed by atoms with Gasteiger partial charge < -0.3 is 15.4 Å². The minimum atomic E-state index is 0. The van der Waals surface area contributed by atoms with Gasteiger partial charge in [-0.25, -0.2) is 4.99 Å².